The molecule has 0 saturated carbocycles. The topological polar surface area (TPSA) is 64.1 Å². The molecule has 1 aromatic carbocycles. The molecule has 0 atom stereocenters. The molecule has 0 radical (unpaired) electrons. The molecular weight excluding hydrogens is 256 g/mol. The van der Waals surface area contributed by atoms with Gasteiger partial charge in [0.15, 0.2) is 0 Å². The maximum atomic E-state index is 11.7. The summed E-state index contributed by atoms with van der Waals surface area (Å²) in [7, 11) is 0. The van der Waals surface area contributed by atoms with Crippen molar-refractivity contribution in [1.82, 2.24) is 9.78 Å². The van der Waals surface area contributed by atoms with Crippen LogP contribution < -0.4 is 5.56 Å². The number of carbonyl (C=O) groups is 1. The number of hydrogen-bond donors (Lipinski definition) is 1. The fourth-order valence-electron chi connectivity index (χ4n) is 1.49. The lowest BCUT2D eigenvalue weighted by Crippen LogP contribution is -2.13. The number of halogens is 1. The van der Waals surface area contributed by atoms with Crippen LogP contribution in [0.2, 0.25) is 5.02 Å². The van der Waals surface area contributed by atoms with Gasteiger partial charge in [-0.1, -0.05) is 11.6 Å². The minimum atomic E-state index is -0.553. The van der Waals surface area contributed by atoms with Gasteiger partial charge < -0.3 is 4.74 Å². The molecule has 6 heteroatoms. The van der Waals surface area contributed by atoms with Crippen molar-refractivity contribution in [1.29, 1.82) is 0 Å². The van der Waals surface area contributed by atoms with E-state index in [-0.39, 0.29) is 17.9 Å². The fourth-order valence-corrected chi connectivity index (χ4v) is 1.62. The molecule has 1 heterocycles. The van der Waals surface area contributed by atoms with Crippen LogP contribution >= 0.6 is 11.6 Å². The number of carbonyl (C=O) groups excluding carboxylic acids is 1. The maximum absolute atomic E-state index is 11.7. The number of H-pyrrole nitrogens is 1. The van der Waals surface area contributed by atoms with E-state index < -0.39 is 5.97 Å². The number of ether oxygens (including phenoxy) is 1. The Morgan fingerprint density at radius 3 is 2.67 bits per heavy atom. The zero-order chi connectivity index (χ0) is 13.1. The summed E-state index contributed by atoms with van der Waals surface area (Å²) >= 11 is 5.76. The lowest BCUT2D eigenvalue weighted by Gasteiger charge is -2.02. The SMILES string of the molecule is CCOC(=O)c1cc(=O)n(-c2ccc(Cl)cc2)[nH]1. The highest BCUT2D eigenvalue weighted by molar-refractivity contribution is 6.30. The van der Waals surface area contributed by atoms with Crippen molar-refractivity contribution in [3.8, 4) is 5.69 Å². The number of aromatic nitrogens is 2. The van der Waals surface area contributed by atoms with Crippen LogP contribution in [0.5, 0.6) is 0 Å². The van der Waals surface area contributed by atoms with Crippen LogP contribution in [-0.2, 0) is 4.74 Å². The predicted molar refractivity (Wildman–Crippen MR) is 67.4 cm³/mol. The van der Waals surface area contributed by atoms with E-state index in [0.717, 1.165) is 0 Å². The van der Waals surface area contributed by atoms with Crippen LogP contribution in [0.1, 0.15) is 17.4 Å². The molecule has 0 spiro atoms. The molecule has 18 heavy (non-hydrogen) atoms. The van der Waals surface area contributed by atoms with E-state index in [0.29, 0.717) is 10.7 Å². The van der Waals surface area contributed by atoms with Gasteiger partial charge in [0, 0.05) is 11.1 Å². The van der Waals surface area contributed by atoms with Gasteiger partial charge in [-0.3, -0.25) is 9.89 Å². The van der Waals surface area contributed by atoms with E-state index in [2.05, 4.69) is 5.10 Å². The Balaban J connectivity index is 2.38. The van der Waals surface area contributed by atoms with Crippen LogP contribution in [0.3, 0.4) is 0 Å². The van der Waals surface area contributed by atoms with Crippen molar-refractivity contribution < 1.29 is 9.53 Å². The Morgan fingerprint density at radius 2 is 2.06 bits per heavy atom. The second kappa shape index (κ2) is 5.10. The van der Waals surface area contributed by atoms with Gasteiger partial charge in [0.2, 0.25) is 0 Å². The molecule has 94 valence electrons. The third-order valence-electron chi connectivity index (χ3n) is 2.30. The monoisotopic (exact) mass is 266 g/mol. The number of benzene rings is 1. The normalized spacial score (nSPS) is 10.3. The number of nitrogens with zero attached hydrogens (tertiary/aromatic N) is 1. The summed E-state index contributed by atoms with van der Waals surface area (Å²) < 4.78 is 6.06. The van der Waals surface area contributed by atoms with Crippen LogP contribution in [0.25, 0.3) is 5.69 Å². The summed E-state index contributed by atoms with van der Waals surface area (Å²) in [6, 6.07) is 7.87. The highest BCUT2D eigenvalue weighted by Gasteiger charge is 2.12. The lowest BCUT2D eigenvalue weighted by atomic mass is 10.3. The molecule has 2 rings (SSSR count). The third-order valence-corrected chi connectivity index (χ3v) is 2.55. The van der Waals surface area contributed by atoms with E-state index in [9.17, 15) is 9.59 Å². The summed E-state index contributed by atoms with van der Waals surface area (Å²) in [4.78, 5) is 23.2. The van der Waals surface area contributed by atoms with E-state index in [4.69, 9.17) is 16.3 Å². The number of hydrogen-bond acceptors (Lipinski definition) is 3. The Labute approximate surface area is 108 Å². The number of nitrogens with one attached hydrogen (secondary N) is 1. The Kier molecular flexibility index (Phi) is 3.53. The van der Waals surface area contributed by atoms with E-state index >= 15 is 0 Å². The van der Waals surface area contributed by atoms with E-state index in [1.54, 1.807) is 31.2 Å². The largest absolute Gasteiger partial charge is 0.461 e. The van der Waals surface area contributed by atoms with Crippen molar-refractivity contribution in [2.45, 2.75) is 6.92 Å². The maximum Gasteiger partial charge on any atom is 0.356 e. The molecule has 0 fully saturated rings. The van der Waals surface area contributed by atoms with Gasteiger partial charge in [0.25, 0.3) is 5.56 Å². The zero-order valence-corrected chi connectivity index (χ0v) is 10.4. The summed E-state index contributed by atoms with van der Waals surface area (Å²) in [5.41, 5.74) is 0.386. The predicted octanol–water partition coefficient (Wildman–Crippen LogP) is 2.00. The summed E-state index contributed by atoms with van der Waals surface area (Å²) in [6.45, 7) is 1.96. The minimum Gasteiger partial charge on any atom is -0.461 e. The first-order valence-corrected chi connectivity index (χ1v) is 5.74. The molecule has 0 aliphatic heterocycles. The lowest BCUT2D eigenvalue weighted by molar-refractivity contribution is 0.0519. The Hall–Kier alpha value is -2.01. The summed E-state index contributed by atoms with van der Waals surface area (Å²) in [6.07, 6.45) is 0. The minimum absolute atomic E-state index is 0.122. The fraction of sp³-hybridized carbons (Fsp3) is 0.167. The van der Waals surface area contributed by atoms with Crippen molar-refractivity contribution in [2.24, 2.45) is 0 Å². The second-order valence-corrected chi connectivity index (χ2v) is 3.98. The average Bonchev–Trinajstić information content (AvgIpc) is 2.73. The molecule has 0 bridgehead atoms. The standard InChI is InChI=1S/C12H11ClN2O3/c1-2-18-12(17)10-7-11(16)15(14-10)9-5-3-8(13)4-6-9/h3-7,14H,2H2,1H3. The number of rotatable bonds is 3. The van der Waals surface area contributed by atoms with Gasteiger partial charge in [-0.05, 0) is 31.2 Å². The smallest absolute Gasteiger partial charge is 0.356 e. The molecule has 0 unspecified atom stereocenters. The Bertz CT molecular complexity index is 613. The molecule has 0 saturated heterocycles. The quantitative estimate of drug-likeness (QED) is 0.864. The number of aromatic amines is 1. The summed E-state index contributed by atoms with van der Waals surface area (Å²) in [5.74, 6) is -0.553. The van der Waals surface area contributed by atoms with Crippen LogP contribution in [-0.4, -0.2) is 22.4 Å². The van der Waals surface area contributed by atoms with Crippen LogP contribution in [0, 0.1) is 0 Å². The van der Waals surface area contributed by atoms with Crippen molar-refractivity contribution in [2.75, 3.05) is 6.61 Å². The van der Waals surface area contributed by atoms with Gasteiger partial charge in [0.05, 0.1) is 12.3 Å². The van der Waals surface area contributed by atoms with Gasteiger partial charge in [-0.2, -0.15) is 0 Å². The van der Waals surface area contributed by atoms with Crippen molar-refractivity contribution >= 4 is 17.6 Å². The molecule has 5 nitrogen and oxygen atoms in total. The second-order valence-electron chi connectivity index (χ2n) is 3.54. The Morgan fingerprint density at radius 1 is 1.39 bits per heavy atom. The van der Waals surface area contributed by atoms with Crippen molar-refractivity contribution in [3.05, 3.63) is 51.4 Å². The molecule has 2 aromatic rings. The zero-order valence-electron chi connectivity index (χ0n) is 9.64. The molecule has 1 N–H and O–H groups in total. The van der Waals surface area contributed by atoms with Gasteiger partial charge in [-0.15, -0.1) is 0 Å². The molecule has 1 aromatic heterocycles. The highest BCUT2D eigenvalue weighted by atomic mass is 35.5. The van der Waals surface area contributed by atoms with E-state index in [1.165, 1.54) is 10.7 Å². The first-order chi connectivity index (χ1) is 8.61. The summed E-state index contributed by atoms with van der Waals surface area (Å²) in [5, 5.41) is 3.26. The van der Waals surface area contributed by atoms with Gasteiger partial charge >= 0.3 is 5.97 Å². The third kappa shape index (κ3) is 2.46. The molecule has 0 aliphatic rings. The van der Waals surface area contributed by atoms with Gasteiger partial charge in [0.1, 0.15) is 5.69 Å². The highest BCUT2D eigenvalue weighted by Crippen LogP contribution is 2.11. The van der Waals surface area contributed by atoms with Crippen molar-refractivity contribution in [3.63, 3.8) is 0 Å². The molecule has 0 amide bonds. The van der Waals surface area contributed by atoms with Crippen LogP contribution in [0.4, 0.5) is 0 Å². The average molecular weight is 267 g/mol. The first-order valence-electron chi connectivity index (χ1n) is 5.37. The number of esters is 1. The molecule has 0 aliphatic carbocycles. The van der Waals surface area contributed by atoms with E-state index in [1.807, 2.05) is 0 Å². The van der Waals surface area contributed by atoms with Gasteiger partial charge in [-0.25, -0.2) is 9.48 Å². The first kappa shape index (κ1) is 12.4. The van der Waals surface area contributed by atoms with Crippen LogP contribution in [0.15, 0.2) is 35.1 Å². The molecular formula is C12H11ClN2O3.